The van der Waals surface area contributed by atoms with Gasteiger partial charge in [-0.1, -0.05) is 20.8 Å². The highest BCUT2D eigenvalue weighted by Gasteiger charge is 2.11. The van der Waals surface area contributed by atoms with Crippen molar-refractivity contribution in [3.05, 3.63) is 71.4 Å². The summed E-state index contributed by atoms with van der Waals surface area (Å²) in [5, 5.41) is 0. The Kier molecular flexibility index (Phi) is 7.23. The van der Waals surface area contributed by atoms with E-state index in [1.54, 1.807) is 21.5 Å². The van der Waals surface area contributed by atoms with Gasteiger partial charge in [0.15, 0.2) is 0 Å². The first-order valence-corrected chi connectivity index (χ1v) is 10.6. The van der Waals surface area contributed by atoms with Crippen LogP contribution in [0.4, 0.5) is 0 Å². The molecule has 1 heterocycles. The van der Waals surface area contributed by atoms with Crippen molar-refractivity contribution >= 4 is 0 Å². The van der Waals surface area contributed by atoms with E-state index < -0.39 is 0 Å². The molecule has 0 saturated heterocycles. The van der Waals surface area contributed by atoms with Crippen LogP contribution in [0.25, 0.3) is 11.4 Å². The normalized spacial score (nSPS) is 11.7. The fourth-order valence-electron chi connectivity index (χ4n) is 3.00. The quantitative estimate of drug-likeness (QED) is 0.512. The Bertz CT molecular complexity index is 1010. The van der Waals surface area contributed by atoms with Crippen LogP contribution in [-0.4, -0.2) is 47.9 Å². The maximum Gasteiger partial charge on any atom is 0.337 e. The van der Waals surface area contributed by atoms with Crippen LogP contribution in [0.5, 0.6) is 11.5 Å². The lowest BCUT2D eigenvalue weighted by Gasteiger charge is -2.18. The fraction of sp³-hybridized carbons (Fsp3) is 0.400. The highest BCUT2D eigenvalue weighted by Crippen LogP contribution is 2.20. The van der Waals surface area contributed by atoms with Gasteiger partial charge in [0, 0.05) is 18.9 Å². The molecule has 31 heavy (non-hydrogen) atoms. The number of ether oxygens (including phenoxy) is 2. The zero-order valence-corrected chi connectivity index (χ0v) is 19.2. The molecule has 0 atom stereocenters. The fourth-order valence-corrected chi connectivity index (χ4v) is 3.00. The molecule has 3 aromatic rings. The molecule has 0 aliphatic rings. The van der Waals surface area contributed by atoms with E-state index in [4.69, 9.17) is 9.47 Å². The lowest BCUT2D eigenvalue weighted by atomic mass is 9.93. The molecule has 2 aromatic carbocycles. The van der Waals surface area contributed by atoms with Crippen molar-refractivity contribution in [1.82, 2.24) is 14.0 Å². The van der Waals surface area contributed by atoms with Crippen molar-refractivity contribution in [2.45, 2.75) is 27.2 Å². The Labute approximate surface area is 184 Å². The monoisotopic (exact) mass is 423 g/mol. The molecule has 0 fully saturated rings. The van der Waals surface area contributed by atoms with Gasteiger partial charge in [0.1, 0.15) is 18.1 Å². The SMILES string of the molecule is CN(C)CCOc1ccc(-n2ccn(-c3ccc(OCCC(C)(C)C)cc3)c2=O)cc1. The lowest BCUT2D eigenvalue weighted by Crippen LogP contribution is -2.21. The molecule has 6 nitrogen and oxygen atoms in total. The van der Waals surface area contributed by atoms with E-state index in [0.717, 1.165) is 35.8 Å². The van der Waals surface area contributed by atoms with E-state index in [1.807, 2.05) is 62.6 Å². The van der Waals surface area contributed by atoms with Gasteiger partial charge in [0.2, 0.25) is 0 Å². The molecule has 1 aromatic heterocycles. The second-order valence-electron chi connectivity index (χ2n) is 9.12. The van der Waals surface area contributed by atoms with E-state index >= 15 is 0 Å². The maximum atomic E-state index is 12.9. The summed E-state index contributed by atoms with van der Waals surface area (Å²) in [7, 11) is 4.02. The summed E-state index contributed by atoms with van der Waals surface area (Å²) < 4.78 is 14.8. The van der Waals surface area contributed by atoms with Crippen molar-refractivity contribution in [3.63, 3.8) is 0 Å². The summed E-state index contributed by atoms with van der Waals surface area (Å²) in [6, 6.07) is 15.2. The molecule has 0 saturated carbocycles. The number of hydrogen-bond donors (Lipinski definition) is 0. The molecule has 0 aliphatic carbocycles. The van der Waals surface area contributed by atoms with Crippen LogP contribution in [0.1, 0.15) is 27.2 Å². The highest BCUT2D eigenvalue weighted by molar-refractivity contribution is 5.40. The van der Waals surface area contributed by atoms with Crippen molar-refractivity contribution in [3.8, 4) is 22.9 Å². The number of likely N-dealkylation sites (N-methyl/N-ethyl adjacent to an activating group) is 1. The van der Waals surface area contributed by atoms with Crippen LogP contribution in [0.2, 0.25) is 0 Å². The van der Waals surface area contributed by atoms with E-state index in [9.17, 15) is 4.79 Å². The van der Waals surface area contributed by atoms with Crippen LogP contribution in [0, 0.1) is 5.41 Å². The molecule has 166 valence electrons. The molecular formula is C25H33N3O3. The van der Waals surface area contributed by atoms with Crippen LogP contribution in [-0.2, 0) is 0 Å². The predicted octanol–water partition coefficient (Wildman–Crippen LogP) is 4.38. The molecule has 0 radical (unpaired) electrons. The van der Waals surface area contributed by atoms with Gasteiger partial charge >= 0.3 is 5.69 Å². The summed E-state index contributed by atoms with van der Waals surface area (Å²) in [5.41, 5.74) is 1.72. The van der Waals surface area contributed by atoms with Crippen molar-refractivity contribution in [2.75, 3.05) is 33.9 Å². The van der Waals surface area contributed by atoms with Gasteiger partial charge in [-0.15, -0.1) is 0 Å². The number of nitrogens with zero attached hydrogens (tertiary/aromatic N) is 3. The van der Waals surface area contributed by atoms with E-state index in [-0.39, 0.29) is 11.1 Å². The highest BCUT2D eigenvalue weighted by atomic mass is 16.5. The van der Waals surface area contributed by atoms with Crippen LogP contribution in [0.15, 0.2) is 65.7 Å². The molecule has 0 unspecified atom stereocenters. The molecule has 0 N–H and O–H groups in total. The van der Waals surface area contributed by atoms with Crippen molar-refractivity contribution in [1.29, 1.82) is 0 Å². The first-order valence-electron chi connectivity index (χ1n) is 10.6. The third-order valence-corrected chi connectivity index (χ3v) is 4.93. The van der Waals surface area contributed by atoms with Crippen LogP contribution in [0.3, 0.4) is 0 Å². The Balaban J connectivity index is 1.66. The summed E-state index contributed by atoms with van der Waals surface area (Å²) in [6.45, 7) is 8.74. The minimum atomic E-state index is -0.123. The predicted molar refractivity (Wildman–Crippen MR) is 125 cm³/mol. The number of aromatic nitrogens is 2. The topological polar surface area (TPSA) is 48.6 Å². The summed E-state index contributed by atoms with van der Waals surface area (Å²) >= 11 is 0. The van der Waals surface area contributed by atoms with E-state index in [2.05, 4.69) is 25.7 Å². The van der Waals surface area contributed by atoms with Crippen molar-refractivity contribution in [2.24, 2.45) is 5.41 Å². The molecule has 0 bridgehead atoms. The van der Waals surface area contributed by atoms with Crippen LogP contribution < -0.4 is 15.2 Å². The molecule has 3 rings (SSSR count). The average molecular weight is 424 g/mol. The number of benzene rings is 2. The standard InChI is InChI=1S/C25H33N3O3/c1-25(2,3)14-18-30-22-10-6-20(7-11-22)27-15-16-28(24(27)29)21-8-12-23(13-9-21)31-19-17-26(4)5/h6-13,15-16H,14,17-19H2,1-5H3. The second kappa shape index (κ2) is 9.88. The lowest BCUT2D eigenvalue weighted by molar-refractivity contribution is 0.243. The molecular weight excluding hydrogens is 390 g/mol. The number of hydrogen-bond acceptors (Lipinski definition) is 4. The summed E-state index contributed by atoms with van der Waals surface area (Å²) in [6.07, 6.45) is 4.54. The van der Waals surface area contributed by atoms with Gasteiger partial charge in [0.25, 0.3) is 0 Å². The smallest absolute Gasteiger partial charge is 0.337 e. The minimum Gasteiger partial charge on any atom is -0.494 e. The van der Waals surface area contributed by atoms with Gasteiger partial charge < -0.3 is 14.4 Å². The molecule has 0 spiro atoms. The number of rotatable bonds is 9. The van der Waals surface area contributed by atoms with Gasteiger partial charge in [-0.25, -0.2) is 4.79 Å². The maximum absolute atomic E-state index is 12.9. The first kappa shape index (κ1) is 22.7. The third-order valence-electron chi connectivity index (χ3n) is 4.93. The molecule has 6 heteroatoms. The summed E-state index contributed by atoms with van der Waals surface area (Å²) in [5.74, 6) is 1.60. The third kappa shape index (κ3) is 6.49. The largest absolute Gasteiger partial charge is 0.494 e. The van der Waals surface area contributed by atoms with Gasteiger partial charge in [-0.2, -0.15) is 0 Å². The van der Waals surface area contributed by atoms with Gasteiger partial charge in [-0.05, 0) is 74.5 Å². The summed E-state index contributed by atoms with van der Waals surface area (Å²) in [4.78, 5) is 15.0. The average Bonchev–Trinajstić information content (AvgIpc) is 3.09. The van der Waals surface area contributed by atoms with Crippen molar-refractivity contribution < 1.29 is 9.47 Å². The molecule has 0 aliphatic heterocycles. The minimum absolute atomic E-state index is 0.123. The van der Waals surface area contributed by atoms with Gasteiger partial charge in [-0.3, -0.25) is 9.13 Å². The number of imidazole rings is 1. The Morgan fingerprint density at radius 1 is 0.774 bits per heavy atom. The van der Waals surface area contributed by atoms with Crippen LogP contribution >= 0.6 is 0 Å². The van der Waals surface area contributed by atoms with Gasteiger partial charge in [0.05, 0.1) is 18.0 Å². The second-order valence-corrected chi connectivity index (χ2v) is 9.12. The first-order chi connectivity index (χ1) is 14.7. The van der Waals surface area contributed by atoms with E-state index in [0.29, 0.717) is 13.2 Å². The zero-order chi connectivity index (χ0) is 22.4. The van der Waals surface area contributed by atoms with E-state index in [1.165, 1.54) is 0 Å². The Hall–Kier alpha value is -2.99. The zero-order valence-electron chi connectivity index (χ0n) is 19.2. The Morgan fingerprint density at radius 3 is 1.65 bits per heavy atom. The Morgan fingerprint density at radius 2 is 1.23 bits per heavy atom. The molecule has 0 amide bonds.